The van der Waals surface area contributed by atoms with E-state index in [1.165, 1.54) is 88.6 Å². The van der Waals surface area contributed by atoms with Gasteiger partial charge in [0, 0.05) is 38.8 Å². The molecular weight excluding hydrogens is 1030 g/mol. The normalized spacial score (nSPS) is 20.0. The second kappa shape index (κ2) is 33.2. The van der Waals surface area contributed by atoms with Gasteiger partial charge in [0.15, 0.2) is 17.4 Å². The van der Waals surface area contributed by atoms with Gasteiger partial charge in [-0.15, -0.1) is 34.0 Å². The predicted octanol–water partition coefficient (Wildman–Crippen LogP) is 11.9. The molecule has 3 aliphatic rings. The van der Waals surface area contributed by atoms with E-state index in [4.69, 9.17) is 15.2 Å². The van der Waals surface area contributed by atoms with E-state index in [-0.39, 0.29) is 52.5 Å². The molecule has 0 amide bonds. The smallest absolute Gasteiger partial charge is 1.00 e. The molecular formula is C57H94AlLiN10O5S3. The first-order chi connectivity index (χ1) is 34.8. The molecule has 424 valence electrons. The summed E-state index contributed by atoms with van der Waals surface area (Å²) in [4.78, 5) is 56.0. The summed E-state index contributed by atoms with van der Waals surface area (Å²) < 4.78 is 13.8. The number of rotatable bonds is 10. The molecule has 0 unspecified atom stereocenters. The number of nitrogens with two attached hydrogens (primary N) is 1. The summed E-state index contributed by atoms with van der Waals surface area (Å²) >= 11 is 5.33. The summed E-state index contributed by atoms with van der Waals surface area (Å²) in [5.41, 5.74) is 4.56. The summed E-state index contributed by atoms with van der Waals surface area (Å²) in [6, 6.07) is 8.77. The third-order valence-corrected chi connectivity index (χ3v) is 16.9. The van der Waals surface area contributed by atoms with Crippen molar-refractivity contribution in [3.8, 4) is 0 Å². The van der Waals surface area contributed by atoms with Crippen molar-refractivity contribution in [3.05, 3.63) is 51.8 Å². The number of aryl methyl sites for hydroxylation is 3. The zero-order valence-electron chi connectivity index (χ0n) is 47.3. The monoisotopic (exact) mass is 1130 g/mol. The molecule has 20 heteroatoms. The molecule has 6 aromatic rings. The second-order valence-electron chi connectivity index (χ2n) is 21.7. The summed E-state index contributed by atoms with van der Waals surface area (Å²) in [5, 5.41) is 14.4. The number of carbonyl (C=O) groups excluding carboxylic acids is 2. The molecule has 0 aliphatic heterocycles. The minimum absolute atomic E-state index is 0. The number of hydrogen-bond donors (Lipinski definition) is 4. The van der Waals surface area contributed by atoms with Crippen LogP contribution in [-0.2, 0) is 33.5 Å². The van der Waals surface area contributed by atoms with Crippen LogP contribution in [0.25, 0.3) is 30.6 Å². The maximum atomic E-state index is 11.0. The molecule has 15 nitrogen and oxygen atoms in total. The van der Waals surface area contributed by atoms with Crippen LogP contribution in [0.4, 0.5) is 27.0 Å². The number of hydrogen-bond acceptors (Lipinski definition) is 18. The maximum absolute atomic E-state index is 11.0. The van der Waals surface area contributed by atoms with Crippen LogP contribution < -0.4 is 40.5 Å². The van der Waals surface area contributed by atoms with E-state index >= 15 is 0 Å². The van der Waals surface area contributed by atoms with Crippen molar-refractivity contribution in [2.75, 3.05) is 16.0 Å². The van der Waals surface area contributed by atoms with Crippen LogP contribution in [0.2, 0.25) is 0 Å². The van der Waals surface area contributed by atoms with Crippen molar-refractivity contribution >= 4 is 112 Å². The first-order valence-electron chi connectivity index (χ1n) is 26.7. The van der Waals surface area contributed by atoms with Crippen molar-refractivity contribution < 1.29 is 44.1 Å². The van der Waals surface area contributed by atoms with Crippen LogP contribution in [-0.4, -0.2) is 94.9 Å². The number of thiophene rings is 3. The van der Waals surface area contributed by atoms with Crippen LogP contribution in [0.5, 0.6) is 0 Å². The Bertz CT molecular complexity index is 2550. The van der Waals surface area contributed by atoms with E-state index in [2.05, 4.69) is 103 Å². The van der Waals surface area contributed by atoms with Crippen LogP contribution >= 0.6 is 34.0 Å². The fourth-order valence-corrected chi connectivity index (χ4v) is 12.0. The Morgan fingerprint density at radius 1 is 0.558 bits per heavy atom. The fourth-order valence-electron chi connectivity index (χ4n) is 9.16. The molecule has 5 N–H and O–H groups in total. The van der Waals surface area contributed by atoms with Gasteiger partial charge in [-0.1, -0.05) is 55.9 Å². The molecule has 0 aromatic carbocycles. The molecule has 0 bridgehead atoms. The molecule has 0 atom stereocenters. The molecule has 6 heterocycles. The van der Waals surface area contributed by atoms with E-state index in [0.29, 0.717) is 24.2 Å². The Morgan fingerprint density at radius 2 is 0.870 bits per heavy atom. The van der Waals surface area contributed by atoms with Gasteiger partial charge < -0.3 is 37.3 Å². The predicted molar refractivity (Wildman–Crippen MR) is 327 cm³/mol. The molecule has 0 saturated heterocycles. The Kier molecular flexibility index (Phi) is 29.9. The Morgan fingerprint density at radius 3 is 1.17 bits per heavy atom. The van der Waals surface area contributed by atoms with Gasteiger partial charge in [0.25, 0.3) is 0 Å². The van der Waals surface area contributed by atoms with Crippen LogP contribution in [0, 0.1) is 11.8 Å². The number of anilines is 3. The largest absolute Gasteiger partial charge is 1.00 e. The van der Waals surface area contributed by atoms with Crippen molar-refractivity contribution in [3.63, 3.8) is 0 Å². The van der Waals surface area contributed by atoms with Crippen molar-refractivity contribution in [1.29, 1.82) is 0 Å². The second-order valence-corrected chi connectivity index (χ2v) is 25.0. The van der Waals surface area contributed by atoms with Gasteiger partial charge in [0.05, 0.1) is 16.2 Å². The average molecular weight is 1130 g/mol. The zero-order chi connectivity index (χ0) is 52.7. The third kappa shape index (κ3) is 22.4. The molecule has 6 aromatic heterocycles. The van der Waals surface area contributed by atoms with Gasteiger partial charge >= 0.3 is 31.2 Å². The van der Waals surface area contributed by atoms with E-state index in [1.807, 2.05) is 0 Å². The molecule has 0 radical (unpaired) electrons. The van der Waals surface area contributed by atoms with E-state index in [0.717, 1.165) is 88.7 Å². The summed E-state index contributed by atoms with van der Waals surface area (Å²) in [6.07, 6.45) is 22.4. The molecule has 3 fully saturated rings. The first kappa shape index (κ1) is 69.5. The topological polar surface area (TPSA) is 201 Å². The number of nitrogens with zero attached hydrogens (tertiary/aromatic N) is 6. The number of nitrogens with one attached hydrogen (secondary N) is 3. The summed E-state index contributed by atoms with van der Waals surface area (Å²) in [7, 11) is 0. The molecule has 3 aliphatic carbocycles. The standard InChI is InChI=1S/C16H23N3S.C15H21N3S.C14H20N4S.C10H18O5.2CH4.Al.Li.4H/c1-3-11-5-7-12(8-6-11)19-15-14-9-13(4-2)20-16(14)18-10-17-15;1-3-12-8-13-14(16-9-17-15(13)19-12)18-11-6-4-10(2)5-7-11;1-2-11-7-12-13(16-8-17-14(12)19-11)18-10-5-3-9(15)4-6-10;1-9(2,3)14-7(11)13-8(12)15-10(4,5)6;;;;;;;;/h9-12H,3-8H2,1-2H3,(H,17,18,19);8-11H,3-7H2,1-2H3,(H,16,17,18);7-10H,2-6,15H2,1H3,(H,16,17,18);1-6H3;2*1H4;;;;;;/q;;;;;;;+1;;;;-1. The van der Waals surface area contributed by atoms with Gasteiger partial charge in [-0.05, 0) is 168 Å². The Balaban J connectivity index is 0.000000512. The van der Waals surface area contributed by atoms with Gasteiger partial charge in [-0.25, -0.2) is 39.5 Å². The van der Waals surface area contributed by atoms with Gasteiger partial charge in [-0.2, -0.15) is 0 Å². The first-order valence-corrected chi connectivity index (χ1v) is 29.2. The van der Waals surface area contributed by atoms with E-state index < -0.39 is 23.5 Å². The molecule has 3 saturated carbocycles. The number of ether oxygens (including phenoxy) is 3. The SMILES string of the molecule is C.C.CC(C)(C)OC(=O)OC(=O)OC(C)(C)C.CCc1cc2c(NC3CCC(C)CC3)ncnc2s1.CCc1cc2c(NC3CCC(CC)CC3)ncnc2s1.CCc1cc2c(NC3CCC(N)CC3)ncnc2s1.[AlH3].[H-].[Li+]. The van der Waals surface area contributed by atoms with Gasteiger partial charge in [-0.3, -0.25) is 0 Å². The number of fused-ring (bicyclic) bond motifs is 3. The Labute approximate surface area is 496 Å². The quantitative estimate of drug-likeness (QED) is 0.0573. The van der Waals surface area contributed by atoms with Gasteiger partial charge in [0.2, 0.25) is 0 Å². The van der Waals surface area contributed by atoms with E-state index in [9.17, 15) is 9.59 Å². The summed E-state index contributed by atoms with van der Waals surface area (Å²) in [5.74, 6) is 4.87. The van der Waals surface area contributed by atoms with Crippen LogP contribution in [0.3, 0.4) is 0 Å². The molecule has 77 heavy (non-hydrogen) atoms. The summed E-state index contributed by atoms with van der Waals surface area (Å²) in [6.45, 7) is 21.2. The average Bonchev–Trinajstić information content (AvgIpc) is 4.11. The van der Waals surface area contributed by atoms with E-state index in [1.54, 1.807) is 94.5 Å². The van der Waals surface area contributed by atoms with Crippen LogP contribution in [0.15, 0.2) is 37.2 Å². The van der Waals surface area contributed by atoms with Gasteiger partial charge in [0.1, 0.15) is 62.1 Å². The van der Waals surface area contributed by atoms with Crippen molar-refractivity contribution in [2.45, 2.75) is 229 Å². The maximum Gasteiger partial charge on any atom is 1.00 e. The van der Waals surface area contributed by atoms with Crippen molar-refractivity contribution in [1.82, 2.24) is 29.9 Å². The molecule has 0 spiro atoms. The zero-order valence-corrected chi connectivity index (χ0v) is 48.7. The van der Waals surface area contributed by atoms with Crippen LogP contribution in [0.1, 0.15) is 191 Å². The third-order valence-electron chi connectivity index (χ3n) is 13.4. The number of carbonyl (C=O) groups is 2. The Hall–Kier alpha value is -3.65. The minimum atomic E-state index is -1.06. The molecule has 9 rings (SSSR count). The number of aromatic nitrogens is 6. The van der Waals surface area contributed by atoms with Crippen molar-refractivity contribution in [2.24, 2.45) is 17.6 Å². The minimum Gasteiger partial charge on any atom is -1.00 e. The fraction of sp³-hybridized carbons (Fsp3) is 0.649.